The molecule has 1 saturated heterocycles. The van der Waals surface area contributed by atoms with E-state index >= 15 is 0 Å². The lowest BCUT2D eigenvalue weighted by molar-refractivity contribution is -0.132. The van der Waals surface area contributed by atoms with E-state index in [1.165, 1.54) is 17.1 Å². The number of carbonyl (C=O) groups excluding carboxylic acids is 1. The molecule has 0 saturated carbocycles. The third kappa shape index (κ3) is 4.40. The van der Waals surface area contributed by atoms with Crippen LogP contribution in [0.5, 0.6) is 0 Å². The normalized spacial score (nSPS) is 19.1. The summed E-state index contributed by atoms with van der Waals surface area (Å²) >= 11 is 0. The van der Waals surface area contributed by atoms with Crippen molar-refractivity contribution in [1.82, 2.24) is 24.5 Å². The average Bonchev–Trinajstić information content (AvgIpc) is 2.84. The number of halogens is 1. The molecule has 0 unspecified atom stereocenters. The minimum atomic E-state index is -3.74. The minimum Gasteiger partial charge on any atom is -0.339 e. The van der Waals surface area contributed by atoms with Crippen molar-refractivity contribution in [2.24, 2.45) is 7.05 Å². The number of hydrogen-bond donors (Lipinski definition) is 2. The van der Waals surface area contributed by atoms with Crippen LogP contribution in [0.25, 0.3) is 0 Å². The zero-order valence-corrected chi connectivity index (χ0v) is 13.6. The van der Waals surface area contributed by atoms with Crippen molar-refractivity contribution in [3.05, 3.63) is 12.5 Å². The predicted octanol–water partition coefficient (Wildman–Crippen LogP) is -1.06. The van der Waals surface area contributed by atoms with Crippen LogP contribution in [0.4, 0.5) is 0 Å². The molecule has 2 N–H and O–H groups in total. The lowest BCUT2D eigenvalue weighted by Crippen LogP contribution is -2.54. The predicted molar refractivity (Wildman–Crippen MR) is 79.7 cm³/mol. The maximum Gasteiger partial charge on any atom is 0.260 e. The Morgan fingerprint density at radius 1 is 1.57 bits per heavy atom. The van der Waals surface area contributed by atoms with Crippen molar-refractivity contribution in [2.75, 3.05) is 26.2 Å². The summed E-state index contributed by atoms with van der Waals surface area (Å²) in [5, 5.41) is 3.09. The molecule has 1 aromatic heterocycles. The number of aromatic nitrogens is 2. The standard InChI is InChI=1S/C11H19N5O3S.ClH/c1-9-5-12-3-4-16(9)11(17)6-14-20(18,19)10-7-15(2)8-13-10;/h7-9,12,14H,3-6H2,1-2H3;1H/t9-;/m1./s1. The minimum absolute atomic E-state index is 0. The quantitative estimate of drug-likeness (QED) is 0.730. The Morgan fingerprint density at radius 3 is 2.86 bits per heavy atom. The largest absolute Gasteiger partial charge is 0.339 e. The van der Waals surface area contributed by atoms with Crippen LogP contribution in [-0.4, -0.2) is 61.0 Å². The highest BCUT2D eigenvalue weighted by Crippen LogP contribution is 2.05. The number of nitrogens with zero attached hydrogens (tertiary/aromatic N) is 3. The fourth-order valence-electron chi connectivity index (χ4n) is 2.07. The van der Waals surface area contributed by atoms with Crippen LogP contribution in [-0.2, 0) is 21.9 Å². The molecule has 1 aliphatic heterocycles. The zero-order valence-electron chi connectivity index (χ0n) is 11.9. The molecule has 0 bridgehead atoms. The van der Waals surface area contributed by atoms with E-state index in [-0.39, 0.29) is 35.9 Å². The van der Waals surface area contributed by atoms with Gasteiger partial charge in [-0.05, 0) is 6.92 Å². The smallest absolute Gasteiger partial charge is 0.260 e. The summed E-state index contributed by atoms with van der Waals surface area (Å²) < 4.78 is 27.7. The van der Waals surface area contributed by atoms with Gasteiger partial charge < -0.3 is 14.8 Å². The first-order valence-electron chi connectivity index (χ1n) is 6.38. The number of carbonyl (C=O) groups is 1. The highest BCUT2D eigenvalue weighted by molar-refractivity contribution is 7.89. The Kier molecular flexibility index (Phi) is 6.14. The second kappa shape index (κ2) is 7.21. The van der Waals surface area contributed by atoms with Crippen LogP contribution < -0.4 is 10.0 Å². The summed E-state index contributed by atoms with van der Waals surface area (Å²) in [6.07, 6.45) is 2.79. The molecule has 0 spiro atoms. The Balaban J connectivity index is 0.00000220. The third-order valence-corrected chi connectivity index (χ3v) is 4.48. The molecule has 2 rings (SSSR count). The summed E-state index contributed by atoms with van der Waals surface area (Å²) in [5.74, 6) is -0.224. The van der Waals surface area contributed by atoms with Crippen molar-refractivity contribution in [1.29, 1.82) is 0 Å². The highest BCUT2D eigenvalue weighted by Gasteiger charge is 2.25. The van der Waals surface area contributed by atoms with Crippen LogP contribution in [0.15, 0.2) is 17.6 Å². The first-order valence-corrected chi connectivity index (χ1v) is 7.86. The van der Waals surface area contributed by atoms with Crippen molar-refractivity contribution >= 4 is 28.3 Å². The second-order valence-corrected chi connectivity index (χ2v) is 6.56. The summed E-state index contributed by atoms with van der Waals surface area (Å²) in [4.78, 5) is 17.5. The first kappa shape index (κ1) is 17.9. The molecule has 1 amide bonds. The average molecular weight is 338 g/mol. The number of amides is 1. The SMILES string of the molecule is C[C@@H]1CNCCN1C(=O)CNS(=O)(=O)c1cn(C)cn1.Cl. The molecule has 1 aliphatic rings. The Bertz CT molecular complexity index is 588. The summed E-state index contributed by atoms with van der Waals surface area (Å²) in [6, 6.07) is 0.0654. The van der Waals surface area contributed by atoms with Gasteiger partial charge >= 0.3 is 0 Å². The van der Waals surface area contributed by atoms with Crippen LogP contribution in [0, 0.1) is 0 Å². The van der Waals surface area contributed by atoms with Crippen LogP contribution in [0.2, 0.25) is 0 Å². The monoisotopic (exact) mass is 337 g/mol. The van der Waals surface area contributed by atoms with E-state index in [4.69, 9.17) is 0 Å². The number of aryl methyl sites for hydroxylation is 1. The molecule has 1 atom stereocenters. The number of hydrogen-bond acceptors (Lipinski definition) is 5. The van der Waals surface area contributed by atoms with Gasteiger partial charge in [0.15, 0.2) is 5.03 Å². The Morgan fingerprint density at radius 2 is 2.29 bits per heavy atom. The molecule has 21 heavy (non-hydrogen) atoms. The van der Waals surface area contributed by atoms with Gasteiger partial charge in [-0.15, -0.1) is 12.4 Å². The van der Waals surface area contributed by atoms with Crippen molar-refractivity contribution < 1.29 is 13.2 Å². The lowest BCUT2D eigenvalue weighted by Gasteiger charge is -2.34. The highest BCUT2D eigenvalue weighted by atomic mass is 35.5. The lowest BCUT2D eigenvalue weighted by atomic mass is 10.2. The first-order chi connectivity index (χ1) is 9.40. The fourth-order valence-corrected chi connectivity index (χ4v) is 3.02. The molecule has 120 valence electrons. The van der Waals surface area contributed by atoms with E-state index in [0.29, 0.717) is 6.54 Å². The molecule has 2 heterocycles. The maximum atomic E-state index is 12.0. The third-order valence-electron chi connectivity index (χ3n) is 3.19. The van der Waals surface area contributed by atoms with Gasteiger partial charge in [0.1, 0.15) is 0 Å². The van der Waals surface area contributed by atoms with Crippen molar-refractivity contribution in [2.45, 2.75) is 18.0 Å². The molecular weight excluding hydrogens is 318 g/mol. The van der Waals surface area contributed by atoms with E-state index in [9.17, 15) is 13.2 Å². The fraction of sp³-hybridized carbons (Fsp3) is 0.636. The second-order valence-electron chi connectivity index (χ2n) is 4.84. The van der Waals surface area contributed by atoms with E-state index in [1.54, 1.807) is 11.9 Å². The van der Waals surface area contributed by atoms with Gasteiger partial charge in [-0.1, -0.05) is 0 Å². The topological polar surface area (TPSA) is 96.3 Å². The van der Waals surface area contributed by atoms with Gasteiger partial charge in [-0.3, -0.25) is 4.79 Å². The molecule has 0 radical (unpaired) electrons. The number of piperazine rings is 1. The molecule has 1 aromatic rings. The van der Waals surface area contributed by atoms with Gasteiger partial charge in [-0.25, -0.2) is 18.1 Å². The van der Waals surface area contributed by atoms with E-state index in [0.717, 1.165) is 13.1 Å². The van der Waals surface area contributed by atoms with Gasteiger partial charge in [0.25, 0.3) is 10.0 Å². The Hall–Kier alpha value is -1.16. The molecule has 0 aromatic carbocycles. The van der Waals surface area contributed by atoms with Crippen molar-refractivity contribution in [3.8, 4) is 0 Å². The van der Waals surface area contributed by atoms with E-state index in [1.807, 2.05) is 6.92 Å². The zero-order chi connectivity index (χ0) is 14.8. The van der Waals surface area contributed by atoms with Crippen LogP contribution >= 0.6 is 12.4 Å². The summed E-state index contributed by atoms with van der Waals surface area (Å²) in [7, 11) is -2.06. The number of imidazole rings is 1. The summed E-state index contributed by atoms with van der Waals surface area (Å²) in [6.45, 7) is 3.72. The van der Waals surface area contributed by atoms with E-state index < -0.39 is 10.0 Å². The number of nitrogens with one attached hydrogen (secondary N) is 2. The van der Waals surface area contributed by atoms with Gasteiger partial charge in [0.05, 0.1) is 12.9 Å². The van der Waals surface area contributed by atoms with Crippen LogP contribution in [0.1, 0.15) is 6.92 Å². The molecule has 1 fully saturated rings. The van der Waals surface area contributed by atoms with E-state index in [2.05, 4.69) is 15.0 Å². The van der Waals surface area contributed by atoms with Gasteiger partial charge in [-0.2, -0.15) is 0 Å². The molecule has 10 heteroatoms. The van der Waals surface area contributed by atoms with Gasteiger partial charge in [0.2, 0.25) is 5.91 Å². The molecular formula is C11H20ClN5O3S. The number of sulfonamides is 1. The maximum absolute atomic E-state index is 12.0. The molecule has 0 aliphatic carbocycles. The van der Waals surface area contributed by atoms with Crippen molar-refractivity contribution in [3.63, 3.8) is 0 Å². The molecule has 8 nitrogen and oxygen atoms in total. The number of rotatable bonds is 4. The van der Waals surface area contributed by atoms with Gasteiger partial charge in [0, 0.05) is 38.9 Å². The summed E-state index contributed by atoms with van der Waals surface area (Å²) in [5.41, 5.74) is 0. The van der Waals surface area contributed by atoms with Crippen LogP contribution in [0.3, 0.4) is 0 Å². The Labute approximate surface area is 130 Å².